The fourth-order valence-corrected chi connectivity index (χ4v) is 3.50. The van der Waals surface area contributed by atoms with Crippen molar-refractivity contribution in [2.75, 3.05) is 18.5 Å². The molecule has 0 spiro atoms. The van der Waals surface area contributed by atoms with E-state index < -0.39 is 11.5 Å². The van der Waals surface area contributed by atoms with Crippen molar-refractivity contribution in [1.82, 2.24) is 15.3 Å². The highest BCUT2D eigenvalue weighted by atomic mass is 19.1. The number of hydrogen-bond acceptors (Lipinski definition) is 6. The van der Waals surface area contributed by atoms with Gasteiger partial charge in [-0.3, -0.25) is 4.79 Å². The van der Waals surface area contributed by atoms with Crippen molar-refractivity contribution in [2.24, 2.45) is 5.92 Å². The Kier molecular flexibility index (Phi) is 5.48. The molecular formula is C17H25FN4O3. The fraction of sp³-hybridized carbons (Fsp3) is 0.706. The number of amides is 1. The van der Waals surface area contributed by atoms with Gasteiger partial charge >= 0.3 is 0 Å². The molecule has 8 heteroatoms. The van der Waals surface area contributed by atoms with Crippen LogP contribution in [0.1, 0.15) is 39.0 Å². The lowest BCUT2D eigenvalue weighted by atomic mass is 9.75. The molecule has 0 bridgehead atoms. The number of aliphatic hydroxyl groups is 1. The van der Waals surface area contributed by atoms with Gasteiger partial charge in [0.05, 0.1) is 24.1 Å². The third-order valence-electron chi connectivity index (χ3n) is 5.01. The Bertz CT molecular complexity index is 592. The Balaban J connectivity index is 1.40. The maximum atomic E-state index is 12.7. The zero-order chi connectivity index (χ0) is 17.9. The summed E-state index contributed by atoms with van der Waals surface area (Å²) in [5, 5.41) is 16.4. The van der Waals surface area contributed by atoms with Gasteiger partial charge in [0.2, 0.25) is 11.9 Å². The van der Waals surface area contributed by atoms with E-state index >= 15 is 0 Å². The molecular weight excluding hydrogens is 327 g/mol. The summed E-state index contributed by atoms with van der Waals surface area (Å²) >= 11 is 0. The molecule has 1 amide bonds. The molecule has 3 N–H and O–H groups in total. The molecule has 0 radical (unpaired) electrons. The summed E-state index contributed by atoms with van der Waals surface area (Å²) in [6, 6.07) is 0.0363. The molecule has 138 valence electrons. The fourth-order valence-electron chi connectivity index (χ4n) is 3.50. The van der Waals surface area contributed by atoms with E-state index in [1.54, 1.807) is 0 Å². The van der Waals surface area contributed by atoms with Crippen LogP contribution in [-0.2, 0) is 9.53 Å². The van der Waals surface area contributed by atoms with Crippen LogP contribution in [0.4, 0.5) is 10.2 Å². The zero-order valence-corrected chi connectivity index (χ0v) is 14.4. The lowest BCUT2D eigenvalue weighted by Gasteiger charge is -2.44. The van der Waals surface area contributed by atoms with Gasteiger partial charge in [-0.1, -0.05) is 6.92 Å². The van der Waals surface area contributed by atoms with Crippen LogP contribution in [0, 0.1) is 11.9 Å². The number of ether oxygens (including phenoxy) is 1. The van der Waals surface area contributed by atoms with Gasteiger partial charge in [0.15, 0.2) is 0 Å². The smallest absolute Gasteiger partial charge is 0.231 e. The zero-order valence-electron chi connectivity index (χ0n) is 14.4. The van der Waals surface area contributed by atoms with Crippen LogP contribution in [0.15, 0.2) is 12.4 Å². The molecule has 7 nitrogen and oxygen atoms in total. The standard InChI is InChI=1S/C17H25FN4O3/c1-2-13-5-11(3-4-25-13)16(23)21-10-17(24)6-12(7-17)22-15-9-19-14(18)8-20-15/h8-9,11-13,24H,2-7,10H2,1H3,(H,20,22)(H,21,23). The van der Waals surface area contributed by atoms with E-state index in [-0.39, 0.29) is 30.5 Å². The molecule has 25 heavy (non-hydrogen) atoms. The summed E-state index contributed by atoms with van der Waals surface area (Å²) in [6.07, 6.45) is 5.90. The number of carbonyl (C=O) groups is 1. The highest BCUT2D eigenvalue weighted by Crippen LogP contribution is 2.33. The first-order valence-corrected chi connectivity index (χ1v) is 8.83. The van der Waals surface area contributed by atoms with Gasteiger partial charge in [-0.2, -0.15) is 4.39 Å². The first-order chi connectivity index (χ1) is 12.0. The van der Waals surface area contributed by atoms with Crippen LogP contribution in [0.5, 0.6) is 0 Å². The molecule has 2 unspecified atom stereocenters. The van der Waals surface area contributed by atoms with Crippen molar-refractivity contribution in [2.45, 2.75) is 56.8 Å². The van der Waals surface area contributed by atoms with Crippen molar-refractivity contribution in [3.05, 3.63) is 18.3 Å². The van der Waals surface area contributed by atoms with E-state index in [0.717, 1.165) is 25.5 Å². The Morgan fingerprint density at radius 1 is 1.44 bits per heavy atom. The Morgan fingerprint density at radius 2 is 2.24 bits per heavy atom. The number of carbonyl (C=O) groups excluding carboxylic acids is 1. The second-order valence-electron chi connectivity index (χ2n) is 7.04. The van der Waals surface area contributed by atoms with Crippen LogP contribution in [0.25, 0.3) is 0 Å². The number of nitrogens with zero attached hydrogens (tertiary/aromatic N) is 2. The summed E-state index contributed by atoms with van der Waals surface area (Å²) in [4.78, 5) is 19.7. The average molecular weight is 352 g/mol. The number of rotatable bonds is 6. The van der Waals surface area contributed by atoms with E-state index in [4.69, 9.17) is 4.74 Å². The molecule has 1 aromatic heterocycles. The van der Waals surface area contributed by atoms with Gasteiger partial charge in [-0.15, -0.1) is 0 Å². The molecule has 1 saturated heterocycles. The van der Waals surface area contributed by atoms with E-state index in [9.17, 15) is 14.3 Å². The highest BCUT2D eigenvalue weighted by molar-refractivity contribution is 5.78. The molecule has 1 aliphatic heterocycles. The van der Waals surface area contributed by atoms with Gasteiger partial charge in [0.1, 0.15) is 5.82 Å². The van der Waals surface area contributed by atoms with E-state index in [2.05, 4.69) is 27.5 Å². The maximum Gasteiger partial charge on any atom is 0.231 e. The van der Waals surface area contributed by atoms with Gasteiger partial charge < -0.3 is 20.5 Å². The summed E-state index contributed by atoms with van der Waals surface area (Å²) in [7, 11) is 0. The second kappa shape index (κ2) is 7.61. The molecule has 3 rings (SSSR count). The Hall–Kier alpha value is -1.80. The third-order valence-corrected chi connectivity index (χ3v) is 5.01. The monoisotopic (exact) mass is 352 g/mol. The summed E-state index contributed by atoms with van der Waals surface area (Å²) in [5.41, 5.74) is -0.907. The molecule has 2 atom stereocenters. The topological polar surface area (TPSA) is 96.4 Å². The molecule has 2 heterocycles. The van der Waals surface area contributed by atoms with Crippen molar-refractivity contribution in [1.29, 1.82) is 0 Å². The molecule has 1 saturated carbocycles. The Labute approximate surface area is 146 Å². The molecule has 1 aromatic rings. The minimum Gasteiger partial charge on any atom is -0.388 e. The van der Waals surface area contributed by atoms with Gasteiger partial charge in [-0.25, -0.2) is 9.97 Å². The predicted octanol–water partition coefficient (Wildman–Crippen LogP) is 1.24. The van der Waals surface area contributed by atoms with Crippen LogP contribution < -0.4 is 10.6 Å². The van der Waals surface area contributed by atoms with Crippen molar-refractivity contribution < 1.29 is 19.0 Å². The van der Waals surface area contributed by atoms with Crippen LogP contribution in [0.2, 0.25) is 0 Å². The number of nitrogens with one attached hydrogen (secondary N) is 2. The normalized spacial score (nSPS) is 31.9. The molecule has 2 fully saturated rings. The van der Waals surface area contributed by atoms with E-state index in [1.807, 2.05) is 0 Å². The van der Waals surface area contributed by atoms with E-state index in [0.29, 0.717) is 25.3 Å². The lowest BCUT2D eigenvalue weighted by molar-refractivity contribution is -0.132. The van der Waals surface area contributed by atoms with E-state index in [1.165, 1.54) is 6.20 Å². The van der Waals surface area contributed by atoms with Crippen LogP contribution in [0.3, 0.4) is 0 Å². The lowest BCUT2D eigenvalue weighted by Crippen LogP contribution is -2.57. The SMILES string of the molecule is CCC1CC(C(=O)NCC2(O)CC(Nc3cnc(F)cn3)C2)CCO1. The third kappa shape index (κ3) is 4.64. The second-order valence-corrected chi connectivity index (χ2v) is 7.04. The number of hydrogen-bond donors (Lipinski definition) is 3. The quantitative estimate of drug-likeness (QED) is 0.713. The highest BCUT2D eigenvalue weighted by Gasteiger charge is 2.43. The van der Waals surface area contributed by atoms with Gasteiger partial charge in [-0.05, 0) is 32.1 Å². The first-order valence-electron chi connectivity index (χ1n) is 8.83. The average Bonchev–Trinajstić information content (AvgIpc) is 2.60. The summed E-state index contributed by atoms with van der Waals surface area (Å²) in [6.45, 7) is 2.92. The minimum absolute atomic E-state index is 0.00372. The molecule has 0 aromatic carbocycles. The largest absolute Gasteiger partial charge is 0.388 e. The minimum atomic E-state index is -0.907. The summed E-state index contributed by atoms with van der Waals surface area (Å²) < 4.78 is 18.3. The molecule has 2 aliphatic rings. The number of anilines is 1. The summed E-state index contributed by atoms with van der Waals surface area (Å²) in [5.74, 6) is -0.191. The maximum absolute atomic E-state index is 12.7. The van der Waals surface area contributed by atoms with Crippen LogP contribution in [-0.4, -0.2) is 51.9 Å². The van der Waals surface area contributed by atoms with Crippen molar-refractivity contribution in [3.63, 3.8) is 0 Å². The number of halogens is 1. The van der Waals surface area contributed by atoms with Crippen molar-refractivity contribution >= 4 is 11.7 Å². The molecule has 1 aliphatic carbocycles. The van der Waals surface area contributed by atoms with Crippen molar-refractivity contribution in [3.8, 4) is 0 Å². The van der Waals surface area contributed by atoms with Crippen LogP contribution >= 0.6 is 0 Å². The predicted molar refractivity (Wildman–Crippen MR) is 89.3 cm³/mol. The number of aromatic nitrogens is 2. The Morgan fingerprint density at radius 3 is 2.92 bits per heavy atom. The first kappa shape index (κ1) is 18.0. The van der Waals surface area contributed by atoms with Gasteiger partial charge in [0.25, 0.3) is 0 Å². The van der Waals surface area contributed by atoms with Gasteiger partial charge in [0, 0.05) is 25.1 Å².